The highest BCUT2D eigenvalue weighted by atomic mass is 79.9. The standard InChI is InChI=1S/C29H26BrN5OS/c1-4-25(21-13-7-5-8-14-21)32-34-26(23-17-11-12-18-24(23)30)19-37-29(34)31-27-20(2)33(3)35(28(27)36)22-15-9-6-10-16-22/h5-19H,4H2,1-3H3. The zero-order chi connectivity index (χ0) is 25.9. The molecule has 5 rings (SSSR count). The molecule has 2 aromatic heterocycles. The minimum absolute atomic E-state index is 0.170. The molecule has 0 aliphatic rings. The van der Waals surface area contributed by atoms with Crippen LogP contribution in [0, 0.1) is 6.92 Å². The first-order valence-electron chi connectivity index (χ1n) is 12.0. The van der Waals surface area contributed by atoms with Gasteiger partial charge in [-0.15, -0.1) is 11.3 Å². The van der Waals surface area contributed by atoms with E-state index in [1.165, 1.54) is 11.3 Å². The molecule has 0 bridgehead atoms. The predicted molar refractivity (Wildman–Crippen MR) is 155 cm³/mol. The summed E-state index contributed by atoms with van der Waals surface area (Å²) in [5, 5.41) is 7.12. The van der Waals surface area contributed by atoms with Gasteiger partial charge in [0, 0.05) is 22.5 Å². The average Bonchev–Trinajstić information content (AvgIpc) is 3.41. The average molecular weight is 573 g/mol. The smallest absolute Gasteiger partial charge is 0.283 e. The highest BCUT2D eigenvalue weighted by Gasteiger charge is 2.17. The van der Waals surface area contributed by atoms with E-state index in [2.05, 4.69) is 35.0 Å². The van der Waals surface area contributed by atoms with E-state index in [0.717, 1.165) is 44.8 Å². The van der Waals surface area contributed by atoms with Gasteiger partial charge in [-0.05, 0) is 37.1 Å². The highest BCUT2D eigenvalue weighted by Crippen LogP contribution is 2.29. The number of thiazole rings is 1. The van der Waals surface area contributed by atoms with Gasteiger partial charge in [0.25, 0.3) is 5.56 Å². The summed E-state index contributed by atoms with van der Waals surface area (Å²) in [7, 11) is 1.88. The second-order valence-electron chi connectivity index (χ2n) is 8.48. The van der Waals surface area contributed by atoms with Crippen LogP contribution >= 0.6 is 27.3 Å². The maximum Gasteiger partial charge on any atom is 0.297 e. The number of nitrogens with zero attached hydrogens (tertiary/aromatic N) is 5. The van der Waals surface area contributed by atoms with Gasteiger partial charge in [-0.3, -0.25) is 9.48 Å². The highest BCUT2D eigenvalue weighted by molar-refractivity contribution is 9.10. The summed E-state index contributed by atoms with van der Waals surface area (Å²) < 4.78 is 6.30. The maximum absolute atomic E-state index is 13.6. The molecule has 6 nitrogen and oxygen atoms in total. The van der Waals surface area contributed by atoms with Crippen molar-refractivity contribution in [3.05, 3.63) is 121 Å². The first kappa shape index (κ1) is 24.9. The fraction of sp³-hybridized carbons (Fsp3) is 0.138. The lowest BCUT2D eigenvalue weighted by Gasteiger charge is -2.09. The second kappa shape index (κ2) is 10.7. The molecule has 0 N–H and O–H groups in total. The molecule has 0 fully saturated rings. The number of halogens is 1. The van der Waals surface area contributed by atoms with E-state index in [1.807, 2.05) is 102 Å². The van der Waals surface area contributed by atoms with Crippen LogP contribution in [0.1, 0.15) is 24.6 Å². The molecule has 186 valence electrons. The van der Waals surface area contributed by atoms with Gasteiger partial charge in [0.05, 0.1) is 22.8 Å². The van der Waals surface area contributed by atoms with Crippen molar-refractivity contribution in [2.45, 2.75) is 20.3 Å². The number of para-hydroxylation sites is 1. The summed E-state index contributed by atoms with van der Waals surface area (Å²) in [5.74, 6) is 0. The maximum atomic E-state index is 13.6. The molecule has 5 aromatic rings. The van der Waals surface area contributed by atoms with Crippen LogP contribution in [0.4, 0.5) is 5.69 Å². The molecular weight excluding hydrogens is 546 g/mol. The Kier molecular flexibility index (Phi) is 7.21. The minimum Gasteiger partial charge on any atom is -0.283 e. The Morgan fingerprint density at radius 1 is 0.946 bits per heavy atom. The van der Waals surface area contributed by atoms with Crippen molar-refractivity contribution >= 4 is 38.7 Å². The van der Waals surface area contributed by atoms with Crippen molar-refractivity contribution in [1.82, 2.24) is 14.0 Å². The van der Waals surface area contributed by atoms with E-state index in [9.17, 15) is 4.79 Å². The zero-order valence-electron chi connectivity index (χ0n) is 20.8. The van der Waals surface area contributed by atoms with Crippen LogP contribution in [0.25, 0.3) is 16.9 Å². The Morgan fingerprint density at radius 3 is 2.27 bits per heavy atom. The van der Waals surface area contributed by atoms with E-state index >= 15 is 0 Å². The first-order valence-corrected chi connectivity index (χ1v) is 13.6. The minimum atomic E-state index is -0.170. The molecule has 0 radical (unpaired) electrons. The molecule has 37 heavy (non-hydrogen) atoms. The third-order valence-electron chi connectivity index (χ3n) is 6.23. The molecule has 0 aliphatic carbocycles. The summed E-state index contributed by atoms with van der Waals surface area (Å²) in [5.41, 5.74) is 5.68. The third-order valence-corrected chi connectivity index (χ3v) is 7.74. The van der Waals surface area contributed by atoms with Crippen molar-refractivity contribution < 1.29 is 0 Å². The molecule has 0 spiro atoms. The lowest BCUT2D eigenvalue weighted by Crippen LogP contribution is -2.20. The predicted octanol–water partition coefficient (Wildman–Crippen LogP) is 6.67. The van der Waals surface area contributed by atoms with Crippen LogP contribution in [-0.2, 0) is 7.05 Å². The fourth-order valence-electron chi connectivity index (χ4n) is 4.19. The van der Waals surface area contributed by atoms with Crippen LogP contribution in [0.3, 0.4) is 0 Å². The van der Waals surface area contributed by atoms with Crippen molar-refractivity contribution in [2.24, 2.45) is 17.1 Å². The number of hydrogen-bond acceptors (Lipinski definition) is 4. The van der Waals surface area contributed by atoms with Gasteiger partial charge in [-0.25, -0.2) is 14.4 Å². The summed E-state index contributed by atoms with van der Waals surface area (Å²) >= 11 is 5.15. The Hall–Kier alpha value is -3.75. The van der Waals surface area contributed by atoms with Gasteiger partial charge in [0.2, 0.25) is 4.80 Å². The Balaban J connectivity index is 1.77. The van der Waals surface area contributed by atoms with E-state index < -0.39 is 0 Å². The van der Waals surface area contributed by atoms with E-state index in [1.54, 1.807) is 4.68 Å². The van der Waals surface area contributed by atoms with Gasteiger partial charge < -0.3 is 0 Å². The van der Waals surface area contributed by atoms with Crippen molar-refractivity contribution in [3.8, 4) is 16.9 Å². The first-order chi connectivity index (χ1) is 18.0. The quantitative estimate of drug-likeness (QED) is 0.210. The zero-order valence-corrected chi connectivity index (χ0v) is 23.2. The van der Waals surface area contributed by atoms with Crippen LogP contribution in [0.2, 0.25) is 0 Å². The third kappa shape index (κ3) is 4.82. The summed E-state index contributed by atoms with van der Waals surface area (Å²) in [4.78, 5) is 19.1. The van der Waals surface area contributed by atoms with Crippen LogP contribution in [0.15, 0.2) is 110 Å². The van der Waals surface area contributed by atoms with Gasteiger partial charge in [0.1, 0.15) is 0 Å². The number of hydrogen-bond donors (Lipinski definition) is 0. The van der Waals surface area contributed by atoms with Gasteiger partial charge >= 0.3 is 0 Å². The van der Waals surface area contributed by atoms with Crippen LogP contribution in [-0.4, -0.2) is 19.8 Å². The van der Waals surface area contributed by atoms with Crippen LogP contribution < -0.4 is 10.4 Å². The molecule has 0 aliphatic heterocycles. The number of aromatic nitrogens is 3. The van der Waals surface area contributed by atoms with Crippen LogP contribution in [0.5, 0.6) is 0 Å². The molecule has 0 saturated heterocycles. The van der Waals surface area contributed by atoms with Gasteiger partial charge in [0.15, 0.2) is 5.69 Å². The lowest BCUT2D eigenvalue weighted by molar-refractivity contribution is 0.630. The SMILES string of the molecule is CCC(=Nn1c(-c2ccccc2Br)csc1=Nc1c(C)n(C)n(-c2ccccc2)c1=O)c1ccccc1. The topological polar surface area (TPSA) is 56.6 Å². The van der Waals surface area contributed by atoms with Crippen molar-refractivity contribution in [1.29, 1.82) is 0 Å². The molecule has 0 saturated carbocycles. The number of benzene rings is 3. The summed E-state index contributed by atoms with van der Waals surface area (Å²) in [6.45, 7) is 4.00. The Morgan fingerprint density at radius 2 is 1.59 bits per heavy atom. The van der Waals surface area contributed by atoms with E-state index in [0.29, 0.717) is 10.5 Å². The molecule has 2 heterocycles. The van der Waals surface area contributed by atoms with Gasteiger partial charge in [-0.2, -0.15) is 5.10 Å². The Labute approximate surface area is 227 Å². The number of rotatable bonds is 6. The molecule has 0 amide bonds. The van der Waals surface area contributed by atoms with Crippen molar-refractivity contribution in [3.63, 3.8) is 0 Å². The normalized spacial score (nSPS) is 12.3. The van der Waals surface area contributed by atoms with E-state index in [4.69, 9.17) is 10.1 Å². The molecular formula is C29H26BrN5OS. The molecule has 0 atom stereocenters. The van der Waals surface area contributed by atoms with Gasteiger partial charge in [-0.1, -0.05) is 89.6 Å². The summed E-state index contributed by atoms with van der Waals surface area (Å²) in [6.07, 6.45) is 0.743. The second-order valence-corrected chi connectivity index (χ2v) is 10.2. The Bertz CT molecular complexity index is 1710. The summed E-state index contributed by atoms with van der Waals surface area (Å²) in [6, 6.07) is 27.8. The molecule has 8 heteroatoms. The van der Waals surface area contributed by atoms with Crippen molar-refractivity contribution in [2.75, 3.05) is 0 Å². The largest absolute Gasteiger partial charge is 0.297 e. The van der Waals surface area contributed by atoms with E-state index in [-0.39, 0.29) is 5.56 Å². The molecule has 3 aromatic carbocycles. The fourth-order valence-corrected chi connectivity index (χ4v) is 5.51. The lowest BCUT2D eigenvalue weighted by atomic mass is 10.1. The molecule has 0 unspecified atom stereocenters. The monoisotopic (exact) mass is 571 g/mol.